The molecule has 6 heteroatoms. The molecule has 3 rings (SSSR count). The number of furan rings is 1. The monoisotopic (exact) mass is 487 g/mol. The Balaban J connectivity index is 1.82. The maximum atomic E-state index is 13.5. The van der Waals surface area contributed by atoms with Crippen LogP contribution < -0.4 is 5.32 Å². The minimum Gasteiger partial charge on any atom is -0.467 e. The lowest BCUT2D eigenvalue weighted by molar-refractivity contribution is -0.133. The van der Waals surface area contributed by atoms with Gasteiger partial charge in [0.05, 0.1) is 12.8 Å². The van der Waals surface area contributed by atoms with E-state index >= 15 is 0 Å². The number of nitrogens with one attached hydrogen (secondary N) is 1. The van der Waals surface area contributed by atoms with E-state index in [1.54, 1.807) is 23.3 Å². The first kappa shape index (κ1) is 26.8. The van der Waals surface area contributed by atoms with Gasteiger partial charge in [-0.1, -0.05) is 82.3 Å². The molecule has 0 bridgehead atoms. The Hall–Kier alpha value is -3.80. The van der Waals surface area contributed by atoms with Crippen molar-refractivity contribution in [2.75, 3.05) is 18.4 Å². The third-order valence-electron chi connectivity index (χ3n) is 6.06. The van der Waals surface area contributed by atoms with E-state index in [1.165, 1.54) is 4.90 Å². The van der Waals surface area contributed by atoms with Crippen LogP contribution in [0.5, 0.6) is 0 Å². The summed E-state index contributed by atoms with van der Waals surface area (Å²) in [6.45, 7) is 13.1. The molecule has 0 radical (unpaired) electrons. The minimum atomic E-state index is -0.323. The molecule has 0 aliphatic rings. The molecular weight excluding hydrogens is 450 g/mol. The van der Waals surface area contributed by atoms with Crippen LogP contribution in [0.4, 0.5) is 10.5 Å². The normalized spacial score (nSPS) is 10.9. The van der Waals surface area contributed by atoms with Gasteiger partial charge in [-0.2, -0.15) is 0 Å². The molecular formula is C30H37N3O3. The molecule has 3 aromatic rings. The van der Waals surface area contributed by atoms with Gasteiger partial charge in [0.25, 0.3) is 0 Å². The number of carbonyl (C=O) groups excluding carboxylic acids is 2. The van der Waals surface area contributed by atoms with Crippen molar-refractivity contribution in [1.82, 2.24) is 9.80 Å². The minimum absolute atomic E-state index is 0.0771. The highest BCUT2D eigenvalue weighted by Gasteiger charge is 2.24. The number of rotatable bonds is 11. The van der Waals surface area contributed by atoms with Crippen molar-refractivity contribution in [2.24, 2.45) is 0 Å². The van der Waals surface area contributed by atoms with Gasteiger partial charge in [-0.05, 0) is 40.7 Å². The molecule has 0 aliphatic heterocycles. The Morgan fingerprint density at radius 1 is 0.889 bits per heavy atom. The van der Waals surface area contributed by atoms with E-state index in [-0.39, 0.29) is 36.9 Å². The van der Waals surface area contributed by atoms with Crippen LogP contribution in [-0.2, 0) is 17.9 Å². The lowest BCUT2D eigenvalue weighted by Crippen LogP contribution is -2.44. The predicted octanol–water partition coefficient (Wildman–Crippen LogP) is 6.78. The Bertz CT molecular complexity index is 1110. The second kappa shape index (κ2) is 12.8. The molecule has 0 unspecified atom stereocenters. The van der Waals surface area contributed by atoms with Gasteiger partial charge in [-0.25, -0.2) is 4.79 Å². The highest BCUT2D eigenvalue weighted by molar-refractivity contribution is 5.94. The van der Waals surface area contributed by atoms with Crippen LogP contribution in [0.15, 0.2) is 84.0 Å². The summed E-state index contributed by atoms with van der Waals surface area (Å²) in [6.07, 6.45) is 3.23. The molecule has 190 valence electrons. The summed E-state index contributed by atoms with van der Waals surface area (Å²) in [4.78, 5) is 30.2. The third kappa shape index (κ3) is 7.11. The summed E-state index contributed by atoms with van der Waals surface area (Å²) >= 11 is 0. The third-order valence-corrected chi connectivity index (χ3v) is 6.06. The van der Waals surface area contributed by atoms with Crippen LogP contribution >= 0.6 is 0 Å². The summed E-state index contributed by atoms with van der Waals surface area (Å²) in [5.74, 6) is 0.992. The van der Waals surface area contributed by atoms with Crippen molar-refractivity contribution in [2.45, 2.75) is 52.6 Å². The zero-order chi connectivity index (χ0) is 26.1. The van der Waals surface area contributed by atoms with E-state index in [9.17, 15) is 9.59 Å². The number of carbonyl (C=O) groups is 2. The summed E-state index contributed by atoms with van der Waals surface area (Å²) in [7, 11) is 0. The van der Waals surface area contributed by atoms with Crippen molar-refractivity contribution >= 4 is 17.6 Å². The molecule has 6 nitrogen and oxygen atoms in total. The van der Waals surface area contributed by atoms with Crippen LogP contribution in [0.3, 0.4) is 0 Å². The molecule has 0 atom stereocenters. The molecule has 0 saturated heterocycles. The zero-order valence-electron chi connectivity index (χ0n) is 21.7. The van der Waals surface area contributed by atoms with Crippen LogP contribution in [0.1, 0.15) is 62.0 Å². The molecule has 36 heavy (non-hydrogen) atoms. The molecule has 1 aromatic heterocycles. The quantitative estimate of drug-likeness (QED) is 0.303. The van der Waals surface area contributed by atoms with Crippen molar-refractivity contribution in [3.05, 3.63) is 102 Å². The van der Waals surface area contributed by atoms with Gasteiger partial charge in [-0.3, -0.25) is 4.79 Å². The van der Waals surface area contributed by atoms with Gasteiger partial charge in [0.2, 0.25) is 5.91 Å². The fourth-order valence-electron chi connectivity index (χ4n) is 4.15. The zero-order valence-corrected chi connectivity index (χ0v) is 21.7. The lowest BCUT2D eigenvalue weighted by Gasteiger charge is -2.28. The number of urea groups is 1. The average Bonchev–Trinajstić information content (AvgIpc) is 3.37. The predicted molar refractivity (Wildman–Crippen MR) is 145 cm³/mol. The number of anilines is 1. The Labute approximate surface area is 214 Å². The second-order valence-electron chi connectivity index (χ2n) is 9.53. The molecule has 3 amide bonds. The second-order valence-corrected chi connectivity index (χ2v) is 9.53. The summed E-state index contributed by atoms with van der Waals surface area (Å²) in [6, 6.07) is 19.2. The smallest absolute Gasteiger partial charge is 0.322 e. The van der Waals surface area contributed by atoms with Crippen molar-refractivity contribution < 1.29 is 14.0 Å². The molecule has 0 saturated carbocycles. The summed E-state index contributed by atoms with van der Waals surface area (Å²) < 4.78 is 5.50. The van der Waals surface area contributed by atoms with E-state index in [4.69, 9.17) is 4.42 Å². The molecule has 0 aliphatic carbocycles. The molecule has 1 heterocycles. The highest BCUT2D eigenvalue weighted by Crippen LogP contribution is 2.32. The maximum Gasteiger partial charge on any atom is 0.322 e. The number of nitrogens with zero attached hydrogens (tertiary/aromatic N) is 2. The SMILES string of the molecule is C=CCN(CC(=O)N(Cc1ccccc1)Cc1ccco1)C(=O)Nc1c(C(C)C)cccc1C(C)C. The number of para-hydroxylation sites is 1. The van der Waals surface area contributed by atoms with Crippen LogP contribution in [0, 0.1) is 0 Å². The van der Waals surface area contributed by atoms with Crippen LogP contribution in [0.2, 0.25) is 0 Å². The van der Waals surface area contributed by atoms with E-state index in [1.807, 2.05) is 54.6 Å². The number of benzene rings is 2. The largest absolute Gasteiger partial charge is 0.467 e. The van der Waals surface area contributed by atoms with E-state index in [0.717, 1.165) is 22.4 Å². The molecule has 1 N–H and O–H groups in total. The first-order valence-electron chi connectivity index (χ1n) is 12.4. The fourth-order valence-corrected chi connectivity index (χ4v) is 4.15. The van der Waals surface area contributed by atoms with E-state index < -0.39 is 0 Å². The number of amides is 3. The standard InChI is InChI=1S/C30H37N3O3/c1-6-17-32(30(35)31-29-26(22(2)3)15-10-16-27(29)23(4)5)21-28(34)33(20-25-14-11-18-36-25)19-24-12-8-7-9-13-24/h6-16,18,22-23H,1,17,19-21H2,2-5H3,(H,31,35). The Kier molecular flexibility index (Phi) is 9.51. The molecule has 0 fully saturated rings. The van der Waals surface area contributed by atoms with Gasteiger partial charge in [0.15, 0.2) is 0 Å². The van der Waals surface area contributed by atoms with E-state index in [0.29, 0.717) is 18.8 Å². The summed E-state index contributed by atoms with van der Waals surface area (Å²) in [5, 5.41) is 3.12. The number of hydrogen-bond donors (Lipinski definition) is 1. The van der Waals surface area contributed by atoms with Crippen molar-refractivity contribution in [3.8, 4) is 0 Å². The summed E-state index contributed by atoms with van der Waals surface area (Å²) in [5.41, 5.74) is 3.97. The average molecular weight is 488 g/mol. The van der Waals surface area contributed by atoms with Gasteiger partial charge in [0, 0.05) is 18.8 Å². The molecule has 2 aromatic carbocycles. The van der Waals surface area contributed by atoms with Gasteiger partial charge in [-0.15, -0.1) is 6.58 Å². The van der Waals surface area contributed by atoms with Crippen LogP contribution in [-0.4, -0.2) is 34.8 Å². The van der Waals surface area contributed by atoms with Crippen molar-refractivity contribution in [1.29, 1.82) is 0 Å². The van der Waals surface area contributed by atoms with Gasteiger partial charge in [0.1, 0.15) is 12.3 Å². The maximum absolute atomic E-state index is 13.5. The highest BCUT2D eigenvalue weighted by atomic mass is 16.3. The fraction of sp³-hybridized carbons (Fsp3) is 0.333. The first-order valence-corrected chi connectivity index (χ1v) is 12.4. The molecule has 0 spiro atoms. The Morgan fingerprint density at radius 2 is 1.56 bits per heavy atom. The Morgan fingerprint density at radius 3 is 2.11 bits per heavy atom. The first-order chi connectivity index (χ1) is 17.3. The van der Waals surface area contributed by atoms with Gasteiger partial charge < -0.3 is 19.5 Å². The lowest BCUT2D eigenvalue weighted by atomic mass is 9.93. The van der Waals surface area contributed by atoms with E-state index in [2.05, 4.69) is 39.6 Å². The number of hydrogen-bond acceptors (Lipinski definition) is 3. The van der Waals surface area contributed by atoms with Gasteiger partial charge >= 0.3 is 6.03 Å². The van der Waals surface area contributed by atoms with Crippen LogP contribution in [0.25, 0.3) is 0 Å². The van der Waals surface area contributed by atoms with Crippen molar-refractivity contribution in [3.63, 3.8) is 0 Å². The topological polar surface area (TPSA) is 65.8 Å².